The second-order valence-corrected chi connectivity index (χ2v) is 4.40. The molecule has 6 heteroatoms. The Balaban J connectivity index is 2.11. The van der Waals surface area contributed by atoms with Crippen LogP contribution in [-0.4, -0.2) is 14.8 Å². The van der Waals surface area contributed by atoms with Crippen molar-refractivity contribution in [1.82, 2.24) is 14.8 Å². The summed E-state index contributed by atoms with van der Waals surface area (Å²) in [6.07, 6.45) is 4.17. The van der Waals surface area contributed by atoms with Crippen molar-refractivity contribution in [3.8, 4) is 0 Å². The third kappa shape index (κ3) is 2.79. The van der Waals surface area contributed by atoms with Crippen LogP contribution in [0.25, 0.3) is 0 Å². The summed E-state index contributed by atoms with van der Waals surface area (Å²) in [4.78, 5) is 3.91. The van der Waals surface area contributed by atoms with Crippen LogP contribution in [0.5, 0.6) is 0 Å². The van der Waals surface area contributed by atoms with Crippen molar-refractivity contribution >= 4 is 17.4 Å². The van der Waals surface area contributed by atoms with Crippen molar-refractivity contribution in [2.45, 2.75) is 19.9 Å². The molecule has 0 amide bonds. The first-order valence-electron chi connectivity index (χ1n) is 5.66. The van der Waals surface area contributed by atoms with E-state index in [1.165, 1.54) is 12.3 Å². The van der Waals surface area contributed by atoms with Gasteiger partial charge in [0.25, 0.3) is 0 Å². The Morgan fingerprint density at radius 1 is 1.50 bits per heavy atom. The van der Waals surface area contributed by atoms with E-state index in [9.17, 15) is 4.39 Å². The van der Waals surface area contributed by atoms with Crippen LogP contribution < -0.4 is 5.32 Å². The van der Waals surface area contributed by atoms with Crippen LogP contribution in [0.3, 0.4) is 0 Å². The highest BCUT2D eigenvalue weighted by molar-refractivity contribution is 6.30. The van der Waals surface area contributed by atoms with Crippen molar-refractivity contribution in [1.29, 1.82) is 0 Å². The van der Waals surface area contributed by atoms with Gasteiger partial charge >= 0.3 is 0 Å². The molecule has 2 heterocycles. The number of rotatable bonds is 4. The molecule has 0 aromatic carbocycles. The fourth-order valence-electron chi connectivity index (χ4n) is 1.75. The normalized spacial score (nSPS) is 10.7. The largest absolute Gasteiger partial charge is 0.363 e. The van der Waals surface area contributed by atoms with Crippen LogP contribution in [0, 0.1) is 5.82 Å². The summed E-state index contributed by atoms with van der Waals surface area (Å²) in [5.74, 6) is -0.255. The van der Waals surface area contributed by atoms with E-state index in [1.54, 1.807) is 4.68 Å². The van der Waals surface area contributed by atoms with E-state index in [-0.39, 0.29) is 10.8 Å². The average molecular weight is 269 g/mol. The first-order valence-corrected chi connectivity index (χ1v) is 6.04. The molecule has 0 unspecified atom stereocenters. The summed E-state index contributed by atoms with van der Waals surface area (Å²) in [5.41, 5.74) is 2.04. The highest BCUT2D eigenvalue weighted by Crippen LogP contribution is 2.17. The lowest BCUT2D eigenvalue weighted by atomic mass is 10.2. The number of hydrogen-bond donors (Lipinski definition) is 1. The summed E-state index contributed by atoms with van der Waals surface area (Å²) in [5, 5.41) is 7.55. The molecule has 2 aromatic rings. The molecule has 0 aliphatic rings. The fraction of sp³-hybridized carbons (Fsp3) is 0.333. The van der Waals surface area contributed by atoms with Gasteiger partial charge in [-0.1, -0.05) is 18.5 Å². The van der Waals surface area contributed by atoms with Gasteiger partial charge in [0, 0.05) is 31.5 Å². The summed E-state index contributed by atoms with van der Waals surface area (Å²) >= 11 is 5.64. The van der Waals surface area contributed by atoms with Gasteiger partial charge in [0.05, 0.1) is 10.7 Å². The molecule has 0 bridgehead atoms. The molecule has 18 heavy (non-hydrogen) atoms. The molecule has 96 valence electrons. The van der Waals surface area contributed by atoms with Crippen molar-refractivity contribution in [3.63, 3.8) is 0 Å². The first kappa shape index (κ1) is 12.8. The van der Waals surface area contributed by atoms with E-state index in [2.05, 4.69) is 15.4 Å². The molecular weight excluding hydrogens is 255 g/mol. The van der Waals surface area contributed by atoms with Crippen LogP contribution in [0.1, 0.15) is 18.2 Å². The SMILES string of the molecule is CCc1nn(C)cc1CNc1ncc(Cl)cc1F. The number of aryl methyl sites for hydroxylation is 2. The number of halogens is 2. The second-order valence-electron chi connectivity index (χ2n) is 3.97. The third-order valence-electron chi connectivity index (χ3n) is 2.58. The third-order valence-corrected chi connectivity index (χ3v) is 2.79. The number of aromatic nitrogens is 3. The van der Waals surface area contributed by atoms with Crippen molar-refractivity contribution in [2.75, 3.05) is 5.32 Å². The molecule has 0 fully saturated rings. The van der Waals surface area contributed by atoms with E-state index >= 15 is 0 Å². The molecule has 2 rings (SSSR count). The Bertz CT molecular complexity index is 553. The molecule has 2 aromatic heterocycles. The number of pyridine rings is 1. The predicted octanol–water partition coefficient (Wildman–Crippen LogP) is 2.78. The quantitative estimate of drug-likeness (QED) is 0.927. The van der Waals surface area contributed by atoms with Crippen molar-refractivity contribution in [2.24, 2.45) is 7.05 Å². The van der Waals surface area contributed by atoms with Crippen LogP contribution >= 0.6 is 11.6 Å². The minimum Gasteiger partial charge on any atom is -0.363 e. The fourth-order valence-corrected chi connectivity index (χ4v) is 1.90. The number of nitrogens with zero attached hydrogens (tertiary/aromatic N) is 3. The van der Waals surface area contributed by atoms with Crippen LogP contribution in [0.4, 0.5) is 10.2 Å². The molecule has 1 N–H and O–H groups in total. The zero-order valence-electron chi connectivity index (χ0n) is 10.2. The lowest BCUT2D eigenvalue weighted by Gasteiger charge is -2.06. The molecule has 0 atom stereocenters. The van der Waals surface area contributed by atoms with Crippen molar-refractivity contribution in [3.05, 3.63) is 40.6 Å². The molecule has 0 aliphatic carbocycles. The molecule has 0 radical (unpaired) electrons. The summed E-state index contributed by atoms with van der Waals surface area (Å²) in [7, 11) is 1.86. The predicted molar refractivity (Wildman–Crippen MR) is 69.1 cm³/mol. The average Bonchev–Trinajstić information content (AvgIpc) is 2.68. The maximum Gasteiger partial charge on any atom is 0.166 e. The second kappa shape index (κ2) is 5.35. The van der Waals surface area contributed by atoms with Gasteiger partial charge < -0.3 is 5.32 Å². The Hall–Kier alpha value is -1.62. The Labute approximate surface area is 110 Å². The first-order chi connectivity index (χ1) is 8.60. The number of nitrogens with one attached hydrogen (secondary N) is 1. The lowest BCUT2D eigenvalue weighted by Crippen LogP contribution is -2.04. The van der Waals surface area contributed by atoms with E-state index in [0.717, 1.165) is 17.7 Å². The Kier molecular flexibility index (Phi) is 3.81. The zero-order valence-corrected chi connectivity index (χ0v) is 11.0. The van der Waals surface area contributed by atoms with Gasteiger partial charge in [0.15, 0.2) is 11.6 Å². The summed E-state index contributed by atoms with van der Waals surface area (Å²) in [6.45, 7) is 2.52. The van der Waals surface area contributed by atoms with Gasteiger partial charge in [-0.25, -0.2) is 9.37 Å². The monoisotopic (exact) mass is 268 g/mol. The summed E-state index contributed by atoms with van der Waals surface area (Å²) in [6, 6.07) is 1.24. The lowest BCUT2D eigenvalue weighted by molar-refractivity contribution is 0.624. The number of anilines is 1. The van der Waals surface area contributed by atoms with Gasteiger partial charge in [-0.3, -0.25) is 4.68 Å². The molecule has 0 aliphatic heterocycles. The van der Waals surface area contributed by atoms with Gasteiger partial charge in [-0.2, -0.15) is 5.10 Å². The summed E-state index contributed by atoms with van der Waals surface area (Å²) < 4.78 is 15.3. The van der Waals surface area contributed by atoms with E-state index in [4.69, 9.17) is 11.6 Å². The zero-order chi connectivity index (χ0) is 13.1. The van der Waals surface area contributed by atoms with Crippen molar-refractivity contribution < 1.29 is 4.39 Å². The standard InChI is InChI=1S/C12H14ClFN4/c1-3-11-8(7-18(2)17-11)5-15-12-10(14)4-9(13)6-16-12/h4,6-7H,3,5H2,1-2H3,(H,15,16). The van der Waals surface area contributed by atoms with Gasteiger partial charge in [-0.05, 0) is 12.5 Å². The smallest absolute Gasteiger partial charge is 0.166 e. The van der Waals surface area contributed by atoms with Crippen LogP contribution in [0.15, 0.2) is 18.5 Å². The molecule has 4 nitrogen and oxygen atoms in total. The molecule has 0 saturated heterocycles. The van der Waals surface area contributed by atoms with Crippen LogP contribution in [0.2, 0.25) is 5.02 Å². The Morgan fingerprint density at radius 2 is 2.28 bits per heavy atom. The van der Waals surface area contributed by atoms with E-state index in [0.29, 0.717) is 6.54 Å². The Morgan fingerprint density at radius 3 is 2.94 bits per heavy atom. The molecule has 0 spiro atoms. The van der Waals surface area contributed by atoms with Crippen LogP contribution in [-0.2, 0) is 20.0 Å². The molecule has 0 saturated carbocycles. The minimum atomic E-state index is -0.454. The maximum absolute atomic E-state index is 13.5. The van der Waals surface area contributed by atoms with Gasteiger partial charge in [0.1, 0.15) is 0 Å². The molecular formula is C12H14ClFN4. The van der Waals surface area contributed by atoms with Gasteiger partial charge in [0.2, 0.25) is 0 Å². The maximum atomic E-state index is 13.5. The topological polar surface area (TPSA) is 42.7 Å². The van der Waals surface area contributed by atoms with Gasteiger partial charge in [-0.15, -0.1) is 0 Å². The van der Waals surface area contributed by atoms with E-state index < -0.39 is 5.82 Å². The highest BCUT2D eigenvalue weighted by atomic mass is 35.5. The highest BCUT2D eigenvalue weighted by Gasteiger charge is 2.08. The van der Waals surface area contributed by atoms with E-state index in [1.807, 2.05) is 20.2 Å². The minimum absolute atomic E-state index is 0.199. The number of hydrogen-bond acceptors (Lipinski definition) is 3.